The monoisotopic (exact) mass is 361 g/mol. The fraction of sp³-hybridized carbons (Fsp3) is 0.200. The second-order valence-corrected chi connectivity index (χ2v) is 6.40. The Kier molecular flexibility index (Phi) is 4.65. The summed E-state index contributed by atoms with van der Waals surface area (Å²) in [6, 6.07) is 19.3. The molecule has 3 aromatic rings. The first-order valence-electron chi connectivity index (χ1n) is 8.84. The number of rotatable bonds is 5. The van der Waals surface area contributed by atoms with Crippen molar-refractivity contribution in [2.75, 3.05) is 6.54 Å². The number of amides is 2. The van der Waals surface area contributed by atoms with Crippen LogP contribution in [0.2, 0.25) is 0 Å². The molecule has 0 spiro atoms. The average molecular weight is 361 g/mol. The van der Waals surface area contributed by atoms with Gasteiger partial charge in [0.25, 0.3) is 11.8 Å². The van der Waals surface area contributed by atoms with E-state index in [4.69, 9.17) is 0 Å². The quantitative estimate of drug-likeness (QED) is 0.724. The highest BCUT2D eigenvalue weighted by atomic mass is 16.2. The van der Waals surface area contributed by atoms with Crippen molar-refractivity contribution in [3.63, 3.8) is 0 Å². The van der Waals surface area contributed by atoms with Crippen LogP contribution in [0.4, 0.5) is 0 Å². The van der Waals surface area contributed by atoms with Gasteiger partial charge in [-0.25, -0.2) is 4.68 Å². The molecule has 0 saturated heterocycles. The van der Waals surface area contributed by atoms with E-state index in [-0.39, 0.29) is 29.2 Å². The topological polar surface area (TPSA) is 88.9 Å². The molecule has 1 aliphatic heterocycles. The first-order chi connectivity index (χ1) is 13.2. The predicted molar refractivity (Wildman–Crippen MR) is 99.2 cm³/mol. The lowest BCUT2D eigenvalue weighted by molar-refractivity contribution is 0.0876. The van der Waals surface area contributed by atoms with Gasteiger partial charge in [-0.05, 0) is 17.5 Å². The maximum absolute atomic E-state index is 12.6. The molecule has 1 aliphatic rings. The molecule has 2 amide bonds. The smallest absolute Gasteiger partial charge is 0.274 e. The average Bonchev–Trinajstić information content (AvgIpc) is 3.14. The zero-order valence-electron chi connectivity index (χ0n) is 14.6. The maximum atomic E-state index is 12.6. The lowest BCUT2D eigenvalue weighted by Gasteiger charge is -2.24. The van der Waals surface area contributed by atoms with Crippen molar-refractivity contribution in [3.8, 4) is 0 Å². The Morgan fingerprint density at radius 1 is 1.11 bits per heavy atom. The predicted octanol–water partition coefficient (Wildman–Crippen LogP) is 1.74. The SMILES string of the molecule is O=C(NCCc1ccccc1)c1nnn2c1C(=O)N[C@@H](c1ccccc1)C2. The molecule has 0 fully saturated rings. The summed E-state index contributed by atoms with van der Waals surface area (Å²) in [4.78, 5) is 25.0. The second kappa shape index (κ2) is 7.41. The number of benzene rings is 2. The number of hydrogen-bond donors (Lipinski definition) is 2. The molecule has 7 nitrogen and oxygen atoms in total. The lowest BCUT2D eigenvalue weighted by Crippen LogP contribution is -2.40. The van der Waals surface area contributed by atoms with E-state index in [0.717, 1.165) is 11.1 Å². The minimum Gasteiger partial charge on any atom is -0.350 e. The van der Waals surface area contributed by atoms with Crippen LogP contribution in [0.15, 0.2) is 60.7 Å². The minimum atomic E-state index is -0.388. The number of nitrogens with one attached hydrogen (secondary N) is 2. The zero-order chi connectivity index (χ0) is 18.6. The van der Waals surface area contributed by atoms with Crippen LogP contribution < -0.4 is 10.6 Å². The molecule has 136 valence electrons. The molecule has 0 saturated carbocycles. The maximum Gasteiger partial charge on any atom is 0.274 e. The van der Waals surface area contributed by atoms with Gasteiger partial charge in [-0.1, -0.05) is 65.9 Å². The van der Waals surface area contributed by atoms with E-state index in [1.54, 1.807) is 0 Å². The minimum absolute atomic E-state index is 0.0621. The second-order valence-electron chi connectivity index (χ2n) is 6.40. The van der Waals surface area contributed by atoms with Crippen LogP contribution in [0.3, 0.4) is 0 Å². The molecule has 0 unspecified atom stereocenters. The van der Waals surface area contributed by atoms with Crippen molar-refractivity contribution in [3.05, 3.63) is 83.2 Å². The van der Waals surface area contributed by atoms with E-state index in [0.29, 0.717) is 19.5 Å². The molecule has 2 aromatic carbocycles. The van der Waals surface area contributed by atoms with E-state index in [1.165, 1.54) is 4.68 Å². The van der Waals surface area contributed by atoms with E-state index >= 15 is 0 Å². The highest BCUT2D eigenvalue weighted by Crippen LogP contribution is 2.21. The van der Waals surface area contributed by atoms with Crippen molar-refractivity contribution in [2.24, 2.45) is 0 Å². The van der Waals surface area contributed by atoms with Gasteiger partial charge in [-0.3, -0.25) is 9.59 Å². The standard InChI is InChI=1S/C20H19N5O2/c26-19(21-12-11-14-7-3-1-4-8-14)17-18-20(27)22-16(13-25(18)24-23-17)15-9-5-2-6-10-15/h1-10,16H,11-13H2,(H,21,26)(H,22,27)/t16-/m1/s1. The number of carbonyl (C=O) groups excluding carboxylic acids is 2. The third kappa shape index (κ3) is 3.57. The van der Waals surface area contributed by atoms with Crippen LogP contribution >= 0.6 is 0 Å². The van der Waals surface area contributed by atoms with Crippen LogP contribution in [0.1, 0.15) is 38.1 Å². The Labute approximate surface area is 156 Å². The largest absolute Gasteiger partial charge is 0.350 e. The zero-order valence-corrected chi connectivity index (χ0v) is 14.6. The molecule has 0 radical (unpaired) electrons. The van der Waals surface area contributed by atoms with Crippen molar-refractivity contribution < 1.29 is 9.59 Å². The van der Waals surface area contributed by atoms with Crippen LogP contribution in [-0.4, -0.2) is 33.4 Å². The molecule has 1 atom stereocenters. The van der Waals surface area contributed by atoms with Gasteiger partial charge < -0.3 is 10.6 Å². The van der Waals surface area contributed by atoms with Crippen LogP contribution in [0.25, 0.3) is 0 Å². The van der Waals surface area contributed by atoms with Crippen LogP contribution in [0.5, 0.6) is 0 Å². The van der Waals surface area contributed by atoms with E-state index < -0.39 is 0 Å². The van der Waals surface area contributed by atoms with Crippen molar-refractivity contribution >= 4 is 11.8 Å². The summed E-state index contributed by atoms with van der Waals surface area (Å²) in [6.45, 7) is 0.902. The van der Waals surface area contributed by atoms with Crippen molar-refractivity contribution in [2.45, 2.75) is 19.0 Å². The number of fused-ring (bicyclic) bond motifs is 1. The summed E-state index contributed by atoms with van der Waals surface area (Å²) in [7, 11) is 0. The molecular weight excluding hydrogens is 342 g/mol. The molecule has 7 heteroatoms. The molecule has 4 rings (SSSR count). The number of nitrogens with zero attached hydrogens (tertiary/aromatic N) is 3. The molecule has 2 N–H and O–H groups in total. The van der Waals surface area contributed by atoms with Gasteiger partial charge in [-0.15, -0.1) is 5.10 Å². The molecule has 2 heterocycles. The van der Waals surface area contributed by atoms with Crippen molar-refractivity contribution in [1.82, 2.24) is 25.6 Å². The van der Waals surface area contributed by atoms with E-state index in [1.807, 2.05) is 60.7 Å². The van der Waals surface area contributed by atoms with Gasteiger partial charge in [0.05, 0.1) is 12.6 Å². The van der Waals surface area contributed by atoms with Crippen molar-refractivity contribution in [1.29, 1.82) is 0 Å². The Balaban J connectivity index is 1.45. The lowest BCUT2D eigenvalue weighted by atomic mass is 10.0. The first kappa shape index (κ1) is 17.0. The van der Waals surface area contributed by atoms with Crippen LogP contribution in [0, 0.1) is 0 Å². The summed E-state index contributed by atoms with van der Waals surface area (Å²) >= 11 is 0. The van der Waals surface area contributed by atoms with Gasteiger partial charge in [0.15, 0.2) is 11.4 Å². The third-order valence-electron chi connectivity index (χ3n) is 4.57. The Morgan fingerprint density at radius 2 is 1.81 bits per heavy atom. The summed E-state index contributed by atoms with van der Waals surface area (Å²) in [5.41, 5.74) is 2.39. The molecular formula is C20H19N5O2. The normalized spacial score (nSPS) is 15.7. The Hall–Kier alpha value is -3.48. The number of aromatic nitrogens is 3. The Morgan fingerprint density at radius 3 is 2.56 bits per heavy atom. The molecule has 0 aliphatic carbocycles. The number of hydrogen-bond acceptors (Lipinski definition) is 4. The summed E-state index contributed by atoms with van der Waals surface area (Å²) in [6.07, 6.45) is 0.707. The van der Waals surface area contributed by atoms with Gasteiger partial charge in [0.2, 0.25) is 0 Å². The first-order valence-corrected chi connectivity index (χ1v) is 8.84. The van der Waals surface area contributed by atoms with Crippen LogP contribution in [-0.2, 0) is 13.0 Å². The van der Waals surface area contributed by atoms with E-state index in [2.05, 4.69) is 20.9 Å². The van der Waals surface area contributed by atoms with Gasteiger partial charge >= 0.3 is 0 Å². The molecule has 1 aromatic heterocycles. The molecule has 27 heavy (non-hydrogen) atoms. The fourth-order valence-electron chi connectivity index (χ4n) is 3.19. The fourth-order valence-corrected chi connectivity index (χ4v) is 3.19. The summed E-state index contributed by atoms with van der Waals surface area (Å²) in [5.74, 6) is -0.728. The highest BCUT2D eigenvalue weighted by molar-refractivity contribution is 6.05. The third-order valence-corrected chi connectivity index (χ3v) is 4.57. The van der Waals surface area contributed by atoms with Gasteiger partial charge in [0, 0.05) is 6.54 Å². The summed E-state index contributed by atoms with van der Waals surface area (Å²) < 4.78 is 1.50. The molecule has 0 bridgehead atoms. The Bertz CT molecular complexity index is 953. The van der Waals surface area contributed by atoms with Gasteiger partial charge in [0.1, 0.15) is 0 Å². The summed E-state index contributed by atoms with van der Waals surface area (Å²) in [5, 5.41) is 13.7. The highest BCUT2D eigenvalue weighted by Gasteiger charge is 2.32. The van der Waals surface area contributed by atoms with Gasteiger partial charge in [-0.2, -0.15) is 0 Å². The van der Waals surface area contributed by atoms with E-state index in [9.17, 15) is 9.59 Å². The number of carbonyl (C=O) groups is 2.